The highest BCUT2D eigenvalue weighted by molar-refractivity contribution is 6.43. The van der Waals surface area contributed by atoms with Crippen LogP contribution in [0.25, 0.3) is 0 Å². The molecule has 2 rings (SSSR count). The fourth-order valence-electron chi connectivity index (χ4n) is 1.71. The molecule has 8 heteroatoms. The molecule has 6 nitrogen and oxygen atoms in total. The molecule has 21 heavy (non-hydrogen) atoms. The summed E-state index contributed by atoms with van der Waals surface area (Å²) in [4.78, 5) is 12.0. The van der Waals surface area contributed by atoms with Crippen molar-refractivity contribution in [2.45, 2.75) is 25.9 Å². The van der Waals surface area contributed by atoms with Gasteiger partial charge in [0, 0.05) is 0 Å². The van der Waals surface area contributed by atoms with E-state index in [2.05, 4.69) is 15.6 Å². The summed E-state index contributed by atoms with van der Waals surface area (Å²) in [6, 6.07) is 4.85. The number of rotatable bonds is 5. The van der Waals surface area contributed by atoms with E-state index in [4.69, 9.17) is 28.9 Å². The molecule has 3 N–H and O–H groups in total. The quantitative estimate of drug-likeness (QED) is 0.883. The number of nitrogens with two attached hydrogens (primary N) is 1. The molecule has 0 bridgehead atoms. The highest BCUT2D eigenvalue weighted by atomic mass is 35.5. The molecule has 1 amide bonds. The molecule has 0 aliphatic carbocycles. The summed E-state index contributed by atoms with van der Waals surface area (Å²) in [5.74, 6) is -0.277. The zero-order valence-corrected chi connectivity index (χ0v) is 12.9. The largest absolute Gasteiger partial charge is 0.323 e. The van der Waals surface area contributed by atoms with Gasteiger partial charge >= 0.3 is 0 Å². The van der Waals surface area contributed by atoms with Gasteiger partial charge in [0.2, 0.25) is 5.91 Å². The lowest BCUT2D eigenvalue weighted by Gasteiger charge is -2.08. The van der Waals surface area contributed by atoms with Gasteiger partial charge in [-0.25, -0.2) is 4.68 Å². The topological polar surface area (TPSA) is 85.8 Å². The van der Waals surface area contributed by atoms with Gasteiger partial charge in [-0.2, -0.15) is 0 Å². The third-order valence-corrected chi connectivity index (χ3v) is 3.73. The van der Waals surface area contributed by atoms with Gasteiger partial charge in [0.1, 0.15) is 6.54 Å². The molecule has 1 heterocycles. The van der Waals surface area contributed by atoms with Crippen molar-refractivity contribution in [3.05, 3.63) is 40.1 Å². The summed E-state index contributed by atoms with van der Waals surface area (Å²) < 4.78 is 1.43. The lowest BCUT2D eigenvalue weighted by Crippen LogP contribution is -2.19. The SMILES string of the molecule is CCC(N)c1cn(CC(=O)Nc2cccc(Cl)c2Cl)nn1. The van der Waals surface area contributed by atoms with Crippen LogP contribution in [0.5, 0.6) is 0 Å². The van der Waals surface area contributed by atoms with Gasteiger partial charge in [0.05, 0.1) is 33.7 Å². The summed E-state index contributed by atoms with van der Waals surface area (Å²) in [5.41, 5.74) is 6.97. The van der Waals surface area contributed by atoms with Gasteiger partial charge in [-0.1, -0.05) is 41.4 Å². The first-order valence-corrected chi connectivity index (χ1v) is 7.16. The molecule has 1 aromatic heterocycles. The third-order valence-electron chi connectivity index (χ3n) is 2.91. The second-order valence-corrected chi connectivity index (χ2v) is 5.29. The van der Waals surface area contributed by atoms with Crippen LogP contribution in [0.1, 0.15) is 25.1 Å². The fraction of sp³-hybridized carbons (Fsp3) is 0.308. The number of nitrogens with zero attached hydrogens (tertiary/aromatic N) is 3. The smallest absolute Gasteiger partial charge is 0.246 e. The van der Waals surface area contributed by atoms with Crippen LogP contribution in [0.3, 0.4) is 0 Å². The van der Waals surface area contributed by atoms with Crippen LogP contribution in [0, 0.1) is 0 Å². The van der Waals surface area contributed by atoms with Crippen molar-refractivity contribution >= 4 is 34.8 Å². The van der Waals surface area contributed by atoms with Gasteiger partial charge < -0.3 is 11.1 Å². The van der Waals surface area contributed by atoms with Crippen LogP contribution in [-0.4, -0.2) is 20.9 Å². The summed E-state index contributed by atoms with van der Waals surface area (Å²) in [6.45, 7) is 1.98. The zero-order valence-electron chi connectivity index (χ0n) is 11.4. The molecule has 2 aromatic rings. The van der Waals surface area contributed by atoms with Gasteiger partial charge in [0.15, 0.2) is 0 Å². The number of nitrogens with one attached hydrogen (secondary N) is 1. The Kier molecular flexibility index (Phi) is 5.17. The Bertz CT molecular complexity index is 643. The molecule has 0 saturated heterocycles. The number of aromatic nitrogens is 3. The van der Waals surface area contributed by atoms with E-state index in [1.54, 1.807) is 24.4 Å². The fourth-order valence-corrected chi connectivity index (χ4v) is 2.05. The first kappa shape index (κ1) is 15.8. The molecule has 0 saturated carbocycles. The third kappa shape index (κ3) is 3.93. The normalized spacial score (nSPS) is 12.2. The lowest BCUT2D eigenvalue weighted by atomic mass is 10.2. The van der Waals surface area contributed by atoms with Gasteiger partial charge in [-0.05, 0) is 18.6 Å². The Morgan fingerprint density at radius 3 is 2.95 bits per heavy atom. The Hall–Kier alpha value is -1.63. The number of amides is 1. The standard InChI is InChI=1S/C13H15Cl2N5O/c1-2-9(16)11-6-20(19-18-11)7-12(21)17-10-5-3-4-8(14)13(10)15/h3-6,9H,2,7,16H2,1H3,(H,17,21). The van der Waals surface area contributed by atoms with Crippen LogP contribution < -0.4 is 11.1 Å². The summed E-state index contributed by atoms with van der Waals surface area (Å²) in [5, 5.41) is 11.2. The molecule has 0 radical (unpaired) electrons. The van der Waals surface area contributed by atoms with Gasteiger partial charge in [0.25, 0.3) is 0 Å². The van der Waals surface area contributed by atoms with E-state index < -0.39 is 0 Å². The number of hydrogen-bond acceptors (Lipinski definition) is 4. The highest BCUT2D eigenvalue weighted by Crippen LogP contribution is 2.29. The van der Waals surface area contributed by atoms with Crippen molar-refractivity contribution in [1.82, 2.24) is 15.0 Å². The number of carbonyl (C=O) groups is 1. The van der Waals surface area contributed by atoms with Crippen molar-refractivity contribution in [2.75, 3.05) is 5.32 Å². The van der Waals surface area contributed by atoms with E-state index in [1.165, 1.54) is 4.68 Å². The Labute approximate surface area is 132 Å². The molecule has 1 aromatic carbocycles. The average Bonchev–Trinajstić information content (AvgIpc) is 2.91. The monoisotopic (exact) mass is 327 g/mol. The first-order valence-electron chi connectivity index (χ1n) is 6.40. The Morgan fingerprint density at radius 2 is 2.24 bits per heavy atom. The number of benzene rings is 1. The van der Waals surface area contributed by atoms with Crippen molar-refractivity contribution < 1.29 is 4.79 Å². The van der Waals surface area contributed by atoms with E-state index in [-0.39, 0.29) is 18.5 Å². The molecular formula is C13H15Cl2N5O. The minimum absolute atomic E-state index is 0.0201. The van der Waals surface area contributed by atoms with Gasteiger partial charge in [-0.15, -0.1) is 5.10 Å². The van der Waals surface area contributed by atoms with Crippen LogP contribution in [0.2, 0.25) is 10.0 Å². The van der Waals surface area contributed by atoms with Crippen LogP contribution in [-0.2, 0) is 11.3 Å². The molecule has 1 atom stereocenters. The molecule has 0 spiro atoms. The van der Waals surface area contributed by atoms with Crippen molar-refractivity contribution in [3.63, 3.8) is 0 Å². The minimum atomic E-state index is -0.277. The van der Waals surface area contributed by atoms with Crippen LogP contribution in [0.4, 0.5) is 5.69 Å². The summed E-state index contributed by atoms with van der Waals surface area (Å²) in [7, 11) is 0. The van der Waals surface area contributed by atoms with E-state index in [0.29, 0.717) is 21.4 Å². The summed E-state index contributed by atoms with van der Waals surface area (Å²) >= 11 is 11.9. The second-order valence-electron chi connectivity index (χ2n) is 4.51. The maximum atomic E-state index is 12.0. The van der Waals surface area contributed by atoms with Crippen molar-refractivity contribution in [1.29, 1.82) is 0 Å². The Balaban J connectivity index is 2.02. The number of carbonyl (C=O) groups excluding carboxylic acids is 1. The molecule has 0 fully saturated rings. The Morgan fingerprint density at radius 1 is 1.48 bits per heavy atom. The predicted octanol–water partition coefficient (Wildman–Crippen LogP) is 2.63. The molecule has 0 aliphatic rings. The number of anilines is 1. The number of halogens is 2. The van der Waals surface area contributed by atoms with E-state index in [0.717, 1.165) is 6.42 Å². The van der Waals surface area contributed by atoms with Crippen molar-refractivity contribution in [2.24, 2.45) is 5.73 Å². The van der Waals surface area contributed by atoms with E-state index in [9.17, 15) is 4.79 Å². The average molecular weight is 328 g/mol. The first-order chi connectivity index (χ1) is 10.0. The summed E-state index contributed by atoms with van der Waals surface area (Å²) in [6.07, 6.45) is 2.41. The highest BCUT2D eigenvalue weighted by Gasteiger charge is 2.12. The minimum Gasteiger partial charge on any atom is -0.323 e. The maximum Gasteiger partial charge on any atom is 0.246 e. The van der Waals surface area contributed by atoms with E-state index in [1.807, 2.05) is 6.92 Å². The van der Waals surface area contributed by atoms with Crippen LogP contribution >= 0.6 is 23.2 Å². The molecule has 1 unspecified atom stereocenters. The number of hydrogen-bond donors (Lipinski definition) is 2. The molecule has 112 valence electrons. The predicted molar refractivity (Wildman–Crippen MR) is 82.3 cm³/mol. The molecular weight excluding hydrogens is 313 g/mol. The van der Waals surface area contributed by atoms with E-state index >= 15 is 0 Å². The zero-order chi connectivity index (χ0) is 15.4. The molecule has 0 aliphatic heterocycles. The lowest BCUT2D eigenvalue weighted by molar-refractivity contribution is -0.116. The maximum absolute atomic E-state index is 12.0. The second kappa shape index (κ2) is 6.89. The van der Waals surface area contributed by atoms with Gasteiger partial charge in [-0.3, -0.25) is 4.79 Å². The van der Waals surface area contributed by atoms with Crippen molar-refractivity contribution in [3.8, 4) is 0 Å². The van der Waals surface area contributed by atoms with Crippen LogP contribution in [0.15, 0.2) is 24.4 Å².